The van der Waals surface area contributed by atoms with Gasteiger partial charge in [-0.05, 0) is 74.7 Å². The van der Waals surface area contributed by atoms with Crippen LogP contribution in [0, 0.1) is 6.92 Å². The van der Waals surface area contributed by atoms with Crippen molar-refractivity contribution in [2.24, 2.45) is 0 Å². The molecule has 0 spiro atoms. The number of carbonyl (C=O) groups is 2. The van der Waals surface area contributed by atoms with Crippen molar-refractivity contribution in [3.8, 4) is 0 Å². The van der Waals surface area contributed by atoms with Gasteiger partial charge in [0, 0.05) is 22.6 Å². The Bertz CT molecular complexity index is 1420. The lowest BCUT2D eigenvalue weighted by atomic mass is 10.1. The van der Waals surface area contributed by atoms with Gasteiger partial charge in [0.2, 0.25) is 11.8 Å². The number of carbonyl (C=O) groups excluding carboxylic acids is 2. The molecule has 208 valence electrons. The van der Waals surface area contributed by atoms with Gasteiger partial charge >= 0.3 is 0 Å². The molecule has 0 aliphatic rings. The second-order valence-electron chi connectivity index (χ2n) is 9.46. The largest absolute Gasteiger partial charge is 0.352 e. The van der Waals surface area contributed by atoms with Crippen molar-refractivity contribution in [1.29, 1.82) is 0 Å². The molecule has 0 saturated heterocycles. The Hall–Kier alpha value is -3.07. The van der Waals surface area contributed by atoms with Crippen molar-refractivity contribution < 1.29 is 18.0 Å². The Kier molecular flexibility index (Phi) is 10.4. The van der Waals surface area contributed by atoms with Gasteiger partial charge in [0.1, 0.15) is 12.6 Å². The summed E-state index contributed by atoms with van der Waals surface area (Å²) in [5.41, 5.74) is 1.54. The average molecular weight is 591 g/mol. The average Bonchev–Trinajstić information content (AvgIpc) is 2.88. The third-order valence-electron chi connectivity index (χ3n) is 6.15. The van der Waals surface area contributed by atoms with Crippen molar-refractivity contribution in [1.82, 2.24) is 10.2 Å². The van der Waals surface area contributed by atoms with Gasteiger partial charge in [-0.3, -0.25) is 13.9 Å². The predicted octanol–water partition coefficient (Wildman–Crippen LogP) is 5.83. The van der Waals surface area contributed by atoms with Gasteiger partial charge in [-0.25, -0.2) is 8.42 Å². The van der Waals surface area contributed by atoms with E-state index >= 15 is 0 Å². The van der Waals surface area contributed by atoms with Crippen LogP contribution in [0.3, 0.4) is 0 Å². The molecule has 1 N–H and O–H groups in total. The molecule has 0 aromatic heterocycles. The third-order valence-corrected chi connectivity index (χ3v) is 8.53. The maximum atomic E-state index is 14.1. The Morgan fingerprint density at radius 1 is 0.949 bits per heavy atom. The number of nitrogens with zero attached hydrogens (tertiary/aromatic N) is 2. The summed E-state index contributed by atoms with van der Waals surface area (Å²) in [6.07, 6.45) is 0.320. The zero-order chi connectivity index (χ0) is 28.7. The monoisotopic (exact) mass is 589 g/mol. The molecule has 0 saturated carbocycles. The fourth-order valence-electron chi connectivity index (χ4n) is 4.24. The Labute approximate surface area is 240 Å². The zero-order valence-corrected chi connectivity index (χ0v) is 24.7. The number of halogens is 2. The Morgan fingerprint density at radius 2 is 1.59 bits per heavy atom. The highest BCUT2D eigenvalue weighted by Crippen LogP contribution is 2.30. The highest BCUT2D eigenvalue weighted by atomic mass is 35.5. The number of amides is 2. The molecule has 10 heteroatoms. The Balaban J connectivity index is 2.10. The normalized spacial score (nSPS) is 12.2. The van der Waals surface area contributed by atoms with E-state index in [1.807, 2.05) is 13.8 Å². The molecule has 0 aliphatic heterocycles. The smallest absolute Gasteiger partial charge is 0.264 e. The van der Waals surface area contributed by atoms with Crippen molar-refractivity contribution in [3.05, 3.63) is 94.0 Å². The molecule has 39 heavy (non-hydrogen) atoms. The van der Waals surface area contributed by atoms with E-state index in [1.165, 1.54) is 17.0 Å². The van der Waals surface area contributed by atoms with E-state index < -0.39 is 28.5 Å². The molecule has 0 radical (unpaired) electrons. The molecule has 3 aromatic carbocycles. The molecular weight excluding hydrogens is 557 g/mol. The number of benzene rings is 3. The molecule has 7 nitrogen and oxygen atoms in total. The molecule has 0 fully saturated rings. The van der Waals surface area contributed by atoms with Crippen LogP contribution in [0.2, 0.25) is 10.0 Å². The summed E-state index contributed by atoms with van der Waals surface area (Å²) >= 11 is 12.6. The molecule has 3 rings (SSSR count). The minimum Gasteiger partial charge on any atom is -0.352 e. The number of hydrogen-bond donors (Lipinski definition) is 1. The van der Waals surface area contributed by atoms with E-state index in [-0.39, 0.29) is 23.4 Å². The molecule has 0 unspecified atom stereocenters. The van der Waals surface area contributed by atoms with E-state index in [2.05, 4.69) is 5.32 Å². The highest BCUT2D eigenvalue weighted by molar-refractivity contribution is 7.92. The summed E-state index contributed by atoms with van der Waals surface area (Å²) in [6.45, 7) is 6.70. The first kappa shape index (κ1) is 30.5. The number of rotatable bonds is 11. The standard InChI is InChI=1S/C29H33Cl2N3O4S/c1-5-26(29(36)32-20(2)3)33(18-22-11-9-10-14-25(22)31)28(35)19-34(27-16-15-23(30)17-21(27)4)39(37,38)24-12-7-6-8-13-24/h6-17,20,26H,5,18-19H2,1-4H3,(H,32,36)/t26-/m1/s1. The van der Waals surface area contributed by atoms with E-state index in [9.17, 15) is 18.0 Å². The highest BCUT2D eigenvalue weighted by Gasteiger charge is 2.34. The zero-order valence-electron chi connectivity index (χ0n) is 22.4. The van der Waals surface area contributed by atoms with Crippen molar-refractivity contribution in [2.45, 2.75) is 57.6 Å². The minimum absolute atomic E-state index is 0.0291. The number of aryl methyl sites for hydroxylation is 1. The summed E-state index contributed by atoms with van der Waals surface area (Å²) in [5, 5.41) is 3.76. The summed E-state index contributed by atoms with van der Waals surface area (Å²) in [4.78, 5) is 28.7. The topological polar surface area (TPSA) is 86.8 Å². The first-order valence-electron chi connectivity index (χ1n) is 12.6. The molecule has 2 amide bonds. The van der Waals surface area contributed by atoms with Crippen LogP contribution in [0.15, 0.2) is 77.7 Å². The van der Waals surface area contributed by atoms with Gasteiger partial charge in [0.05, 0.1) is 10.6 Å². The number of hydrogen-bond acceptors (Lipinski definition) is 4. The van der Waals surface area contributed by atoms with E-state index in [0.717, 1.165) is 4.31 Å². The van der Waals surface area contributed by atoms with Gasteiger partial charge in [-0.15, -0.1) is 0 Å². The fourth-order valence-corrected chi connectivity index (χ4v) is 6.16. The lowest BCUT2D eigenvalue weighted by Crippen LogP contribution is -2.53. The second-order valence-corrected chi connectivity index (χ2v) is 12.2. The first-order valence-corrected chi connectivity index (χ1v) is 14.8. The number of sulfonamides is 1. The van der Waals surface area contributed by atoms with E-state index in [1.54, 1.807) is 74.5 Å². The van der Waals surface area contributed by atoms with Crippen LogP contribution in [-0.2, 0) is 26.2 Å². The molecule has 0 bridgehead atoms. The van der Waals surface area contributed by atoms with Crippen LogP contribution in [0.4, 0.5) is 5.69 Å². The Morgan fingerprint density at radius 3 is 2.18 bits per heavy atom. The van der Waals surface area contributed by atoms with Crippen LogP contribution >= 0.6 is 23.2 Å². The summed E-state index contributed by atoms with van der Waals surface area (Å²) in [7, 11) is -4.15. The van der Waals surface area contributed by atoms with E-state index in [4.69, 9.17) is 23.2 Å². The third kappa shape index (κ3) is 7.53. The van der Waals surface area contributed by atoms with Crippen LogP contribution in [0.25, 0.3) is 0 Å². The SMILES string of the molecule is CC[C@H](C(=O)NC(C)C)N(Cc1ccccc1Cl)C(=O)CN(c1ccc(Cl)cc1C)S(=O)(=O)c1ccccc1. The van der Waals surface area contributed by atoms with E-state index in [0.29, 0.717) is 33.3 Å². The van der Waals surface area contributed by atoms with Crippen LogP contribution < -0.4 is 9.62 Å². The molecule has 1 atom stereocenters. The summed E-state index contributed by atoms with van der Waals surface area (Å²) in [5.74, 6) is -0.873. The van der Waals surface area contributed by atoms with Gasteiger partial charge in [-0.2, -0.15) is 0 Å². The van der Waals surface area contributed by atoms with Gasteiger partial charge < -0.3 is 10.2 Å². The van der Waals surface area contributed by atoms with Crippen LogP contribution in [0.5, 0.6) is 0 Å². The number of anilines is 1. The van der Waals surface area contributed by atoms with Crippen LogP contribution in [-0.4, -0.2) is 43.8 Å². The quantitative estimate of drug-likeness (QED) is 0.305. The second kappa shape index (κ2) is 13.3. The lowest BCUT2D eigenvalue weighted by Gasteiger charge is -2.34. The van der Waals surface area contributed by atoms with Crippen molar-refractivity contribution in [3.63, 3.8) is 0 Å². The maximum absolute atomic E-state index is 14.1. The first-order chi connectivity index (χ1) is 18.4. The molecule has 0 heterocycles. The summed E-state index contributed by atoms with van der Waals surface area (Å²) < 4.78 is 28.8. The van der Waals surface area contributed by atoms with Crippen molar-refractivity contribution >= 4 is 50.7 Å². The molecule has 0 aliphatic carbocycles. The van der Waals surface area contributed by atoms with Crippen LogP contribution in [0.1, 0.15) is 38.3 Å². The van der Waals surface area contributed by atoms with Crippen molar-refractivity contribution in [2.75, 3.05) is 10.8 Å². The van der Waals surface area contributed by atoms with Gasteiger partial charge in [0.25, 0.3) is 10.0 Å². The molecule has 3 aromatic rings. The lowest BCUT2D eigenvalue weighted by molar-refractivity contribution is -0.140. The van der Waals surface area contributed by atoms with Gasteiger partial charge in [-0.1, -0.05) is 66.5 Å². The minimum atomic E-state index is -4.15. The van der Waals surface area contributed by atoms with Gasteiger partial charge in [0.15, 0.2) is 0 Å². The predicted molar refractivity (Wildman–Crippen MR) is 157 cm³/mol. The molecular formula is C29H33Cl2N3O4S. The summed E-state index contributed by atoms with van der Waals surface area (Å²) in [6, 6.07) is 18.8. The maximum Gasteiger partial charge on any atom is 0.264 e. The fraction of sp³-hybridized carbons (Fsp3) is 0.310. The number of nitrogens with one attached hydrogen (secondary N) is 1.